The highest BCUT2D eigenvalue weighted by Crippen LogP contribution is 2.27. The molecule has 2 aliphatic rings. The standard InChI is InChI=1S/C26H32N6O4/c1-18-10-12-19(13-11-18)25-28-30-32(29-25)17-23(33)31(16-21-8-4-14-35-21)24(22-9-5-15-36-22)26(34)27-20-6-2-3-7-20/h5,9-13,15,20-21,24H,2-4,6-8,14,16-17H2,1H3,(H,27,34). The normalized spacial score (nSPS) is 18.9. The molecule has 0 spiro atoms. The van der Waals surface area contributed by atoms with E-state index in [1.165, 1.54) is 11.1 Å². The molecule has 2 amide bonds. The fourth-order valence-electron chi connectivity index (χ4n) is 4.92. The molecule has 0 radical (unpaired) electrons. The summed E-state index contributed by atoms with van der Waals surface area (Å²) < 4.78 is 11.5. The Balaban J connectivity index is 1.38. The number of benzene rings is 1. The predicted molar refractivity (Wildman–Crippen MR) is 131 cm³/mol. The molecule has 1 N–H and O–H groups in total. The van der Waals surface area contributed by atoms with Crippen LogP contribution in [-0.4, -0.2) is 62.2 Å². The lowest BCUT2D eigenvalue weighted by Gasteiger charge is -2.32. The van der Waals surface area contributed by atoms with Gasteiger partial charge in [0.25, 0.3) is 5.91 Å². The quantitative estimate of drug-likeness (QED) is 0.488. The molecule has 1 saturated heterocycles. The van der Waals surface area contributed by atoms with Gasteiger partial charge in [-0.25, -0.2) is 0 Å². The SMILES string of the molecule is Cc1ccc(-c2nnn(CC(=O)N(CC3CCCO3)C(C(=O)NC3CCCC3)c3ccco3)n2)cc1. The van der Waals surface area contributed by atoms with Crippen molar-refractivity contribution in [1.29, 1.82) is 0 Å². The number of ether oxygens (including phenoxy) is 1. The van der Waals surface area contributed by atoms with Crippen LogP contribution in [0.25, 0.3) is 11.4 Å². The molecule has 190 valence electrons. The molecular formula is C26H32N6O4. The number of carbonyl (C=O) groups excluding carboxylic acids is 2. The molecule has 1 aliphatic heterocycles. The molecule has 0 bridgehead atoms. The predicted octanol–water partition coefficient (Wildman–Crippen LogP) is 3.05. The minimum atomic E-state index is -0.905. The van der Waals surface area contributed by atoms with E-state index in [2.05, 4.69) is 20.7 Å². The van der Waals surface area contributed by atoms with Crippen LogP contribution in [0.3, 0.4) is 0 Å². The Labute approximate surface area is 210 Å². The number of amides is 2. The largest absolute Gasteiger partial charge is 0.467 e. The number of hydrogen-bond donors (Lipinski definition) is 1. The van der Waals surface area contributed by atoms with E-state index < -0.39 is 6.04 Å². The van der Waals surface area contributed by atoms with Gasteiger partial charge in [-0.1, -0.05) is 42.7 Å². The number of hydrogen-bond acceptors (Lipinski definition) is 7. The molecule has 2 aromatic heterocycles. The number of carbonyl (C=O) groups is 2. The third-order valence-corrected chi connectivity index (χ3v) is 6.86. The monoisotopic (exact) mass is 492 g/mol. The summed E-state index contributed by atoms with van der Waals surface area (Å²) in [6.45, 7) is 2.78. The Kier molecular flexibility index (Phi) is 7.41. The summed E-state index contributed by atoms with van der Waals surface area (Å²) in [6.07, 6.45) is 7.22. The van der Waals surface area contributed by atoms with Crippen molar-refractivity contribution in [1.82, 2.24) is 30.4 Å². The van der Waals surface area contributed by atoms with E-state index in [9.17, 15) is 9.59 Å². The van der Waals surface area contributed by atoms with E-state index in [1.807, 2.05) is 31.2 Å². The summed E-state index contributed by atoms with van der Waals surface area (Å²) in [5.74, 6) is 0.315. The zero-order chi connectivity index (χ0) is 24.9. The molecule has 2 fully saturated rings. The number of aryl methyl sites for hydroxylation is 1. The third kappa shape index (κ3) is 5.64. The van der Waals surface area contributed by atoms with Crippen LogP contribution in [0.1, 0.15) is 55.9 Å². The topological polar surface area (TPSA) is 115 Å². The fraction of sp³-hybridized carbons (Fsp3) is 0.500. The van der Waals surface area contributed by atoms with Crippen molar-refractivity contribution in [3.8, 4) is 11.4 Å². The Morgan fingerprint density at radius 2 is 1.94 bits per heavy atom. The van der Waals surface area contributed by atoms with Crippen molar-refractivity contribution < 1.29 is 18.7 Å². The second-order valence-electron chi connectivity index (χ2n) is 9.60. The Morgan fingerprint density at radius 3 is 2.64 bits per heavy atom. The first kappa shape index (κ1) is 24.2. The minimum Gasteiger partial charge on any atom is -0.467 e. The van der Waals surface area contributed by atoms with Gasteiger partial charge in [0, 0.05) is 24.8 Å². The molecule has 2 unspecified atom stereocenters. The summed E-state index contributed by atoms with van der Waals surface area (Å²) in [6, 6.07) is 10.5. The number of furan rings is 1. The Bertz CT molecular complexity index is 1150. The zero-order valence-electron chi connectivity index (χ0n) is 20.5. The molecule has 36 heavy (non-hydrogen) atoms. The summed E-state index contributed by atoms with van der Waals surface area (Å²) in [7, 11) is 0. The number of rotatable bonds is 9. The van der Waals surface area contributed by atoms with Gasteiger partial charge in [-0.05, 0) is 50.0 Å². The van der Waals surface area contributed by atoms with Crippen molar-refractivity contribution >= 4 is 11.8 Å². The molecular weight excluding hydrogens is 460 g/mol. The van der Waals surface area contributed by atoms with Gasteiger partial charge in [-0.3, -0.25) is 9.59 Å². The third-order valence-electron chi connectivity index (χ3n) is 6.86. The van der Waals surface area contributed by atoms with Crippen LogP contribution in [0, 0.1) is 6.92 Å². The van der Waals surface area contributed by atoms with Gasteiger partial charge in [-0.2, -0.15) is 4.80 Å². The molecule has 10 heteroatoms. The second-order valence-corrected chi connectivity index (χ2v) is 9.60. The van der Waals surface area contributed by atoms with Crippen LogP contribution >= 0.6 is 0 Å². The Morgan fingerprint density at radius 1 is 1.14 bits per heavy atom. The lowest BCUT2D eigenvalue weighted by Crippen LogP contribution is -2.49. The molecule has 1 aliphatic carbocycles. The second kappa shape index (κ2) is 11.0. The number of tetrazole rings is 1. The maximum absolute atomic E-state index is 13.7. The van der Waals surface area contributed by atoms with Crippen LogP contribution in [0.2, 0.25) is 0 Å². The first-order chi connectivity index (χ1) is 17.6. The highest BCUT2D eigenvalue weighted by Gasteiger charge is 2.37. The maximum Gasteiger partial charge on any atom is 0.250 e. The molecule has 2 atom stereocenters. The van der Waals surface area contributed by atoms with Crippen molar-refractivity contribution in [3.05, 3.63) is 54.0 Å². The van der Waals surface area contributed by atoms with Crippen LogP contribution in [-0.2, 0) is 20.9 Å². The minimum absolute atomic E-state index is 0.115. The molecule has 3 aromatic rings. The van der Waals surface area contributed by atoms with Gasteiger partial charge in [0.1, 0.15) is 12.3 Å². The van der Waals surface area contributed by atoms with E-state index in [4.69, 9.17) is 9.15 Å². The van der Waals surface area contributed by atoms with Gasteiger partial charge in [0.2, 0.25) is 11.7 Å². The Hall–Kier alpha value is -3.53. The summed E-state index contributed by atoms with van der Waals surface area (Å²) >= 11 is 0. The van der Waals surface area contributed by atoms with Gasteiger partial charge in [-0.15, -0.1) is 10.2 Å². The van der Waals surface area contributed by atoms with Gasteiger partial charge in [0.15, 0.2) is 6.04 Å². The number of nitrogens with one attached hydrogen (secondary N) is 1. The first-order valence-corrected chi connectivity index (χ1v) is 12.7. The number of nitrogens with zero attached hydrogens (tertiary/aromatic N) is 5. The van der Waals surface area contributed by atoms with E-state index in [-0.39, 0.29) is 37.0 Å². The summed E-state index contributed by atoms with van der Waals surface area (Å²) in [4.78, 5) is 30.0. The van der Waals surface area contributed by atoms with Crippen molar-refractivity contribution in [2.75, 3.05) is 13.2 Å². The van der Waals surface area contributed by atoms with E-state index in [0.29, 0.717) is 18.2 Å². The smallest absolute Gasteiger partial charge is 0.250 e. The average Bonchev–Trinajstić information content (AvgIpc) is 3.68. The van der Waals surface area contributed by atoms with Crippen molar-refractivity contribution in [3.63, 3.8) is 0 Å². The van der Waals surface area contributed by atoms with Crippen LogP contribution in [0.15, 0.2) is 47.1 Å². The fourth-order valence-corrected chi connectivity index (χ4v) is 4.92. The average molecular weight is 493 g/mol. The van der Waals surface area contributed by atoms with Crippen molar-refractivity contribution in [2.45, 2.75) is 70.2 Å². The van der Waals surface area contributed by atoms with Gasteiger partial charge in [0.05, 0.1) is 12.4 Å². The highest BCUT2D eigenvalue weighted by molar-refractivity contribution is 5.88. The van der Waals surface area contributed by atoms with E-state index in [0.717, 1.165) is 49.7 Å². The molecule has 5 rings (SSSR count). The molecule has 3 heterocycles. The van der Waals surface area contributed by atoms with Crippen LogP contribution in [0.4, 0.5) is 0 Å². The molecule has 1 saturated carbocycles. The lowest BCUT2D eigenvalue weighted by atomic mass is 10.1. The number of aromatic nitrogens is 4. The highest BCUT2D eigenvalue weighted by atomic mass is 16.5. The molecule has 10 nitrogen and oxygen atoms in total. The van der Waals surface area contributed by atoms with Gasteiger partial charge < -0.3 is 19.4 Å². The summed E-state index contributed by atoms with van der Waals surface area (Å²) in [5.41, 5.74) is 1.95. The van der Waals surface area contributed by atoms with Crippen LogP contribution < -0.4 is 5.32 Å². The first-order valence-electron chi connectivity index (χ1n) is 12.7. The van der Waals surface area contributed by atoms with Crippen LogP contribution in [0.5, 0.6) is 0 Å². The lowest BCUT2D eigenvalue weighted by molar-refractivity contribution is -0.144. The van der Waals surface area contributed by atoms with Crippen molar-refractivity contribution in [2.24, 2.45) is 0 Å². The zero-order valence-corrected chi connectivity index (χ0v) is 20.5. The molecule has 1 aromatic carbocycles. The van der Waals surface area contributed by atoms with E-state index in [1.54, 1.807) is 17.0 Å². The van der Waals surface area contributed by atoms with E-state index >= 15 is 0 Å². The summed E-state index contributed by atoms with van der Waals surface area (Å²) in [5, 5.41) is 15.8. The maximum atomic E-state index is 13.7. The van der Waals surface area contributed by atoms with Gasteiger partial charge >= 0.3 is 0 Å².